The Bertz CT molecular complexity index is 1170. The fraction of sp³-hybridized carbons (Fsp3) is 0.158. The molecule has 0 unspecified atom stereocenters. The lowest BCUT2D eigenvalue weighted by Gasteiger charge is -2.20. The van der Waals surface area contributed by atoms with Crippen molar-refractivity contribution in [1.82, 2.24) is 9.58 Å². The highest BCUT2D eigenvalue weighted by Crippen LogP contribution is 2.33. The minimum absolute atomic E-state index is 0.0193. The number of nitrogens with zero attached hydrogens (tertiary/aromatic N) is 4. The largest absolute Gasteiger partial charge is 0.316 e. The van der Waals surface area contributed by atoms with Gasteiger partial charge in [0.05, 0.1) is 16.3 Å². The predicted molar refractivity (Wildman–Crippen MR) is 124 cm³/mol. The lowest BCUT2D eigenvalue weighted by atomic mass is 10.1. The molecule has 1 aromatic heterocycles. The van der Waals surface area contributed by atoms with Gasteiger partial charge in [-0.05, 0) is 67.8 Å². The standard InChI is InChI=1S/C19H15Cl2N5OS2/c1-9-6-11(10(2)25(9)15-5-4-12(20)8-14(15)21)7-13-16(22)26-18(23-17(13)27)29-19(24-26)28-3/h4-8,22H,1-3H3. The molecule has 2 aromatic rings. The van der Waals surface area contributed by atoms with Crippen LogP contribution < -0.4 is 0 Å². The van der Waals surface area contributed by atoms with E-state index in [1.807, 2.05) is 36.8 Å². The molecule has 0 bridgehead atoms. The van der Waals surface area contributed by atoms with E-state index in [0.29, 0.717) is 15.2 Å². The number of hydrogen-bond acceptors (Lipinski definition) is 5. The molecule has 2 aliphatic heterocycles. The fourth-order valence-corrected chi connectivity index (χ4v) is 5.02. The summed E-state index contributed by atoms with van der Waals surface area (Å²) in [5.41, 5.74) is 3.63. The summed E-state index contributed by atoms with van der Waals surface area (Å²) in [4.78, 5) is 16.7. The summed E-state index contributed by atoms with van der Waals surface area (Å²) in [6.07, 6.45) is 3.58. The topological polar surface area (TPSA) is 73.8 Å². The summed E-state index contributed by atoms with van der Waals surface area (Å²) in [5.74, 6) is -0.425. The highest BCUT2D eigenvalue weighted by molar-refractivity contribution is 8.45. The minimum Gasteiger partial charge on any atom is -0.316 e. The number of benzene rings is 1. The molecule has 29 heavy (non-hydrogen) atoms. The molecule has 1 N–H and O–H groups in total. The van der Waals surface area contributed by atoms with Crippen LogP contribution in [0.25, 0.3) is 11.8 Å². The molecular formula is C19H15Cl2N5OS2. The first kappa shape index (κ1) is 20.3. The Balaban J connectivity index is 1.77. The Morgan fingerprint density at radius 3 is 2.69 bits per heavy atom. The average molecular weight is 464 g/mol. The van der Waals surface area contributed by atoms with E-state index < -0.39 is 5.91 Å². The highest BCUT2D eigenvalue weighted by atomic mass is 35.5. The third-order valence-corrected chi connectivity index (χ3v) is 6.95. The summed E-state index contributed by atoms with van der Waals surface area (Å²) < 4.78 is 2.74. The van der Waals surface area contributed by atoms with Crippen molar-refractivity contribution in [3.8, 4) is 5.69 Å². The van der Waals surface area contributed by atoms with Crippen molar-refractivity contribution in [2.24, 2.45) is 10.1 Å². The van der Waals surface area contributed by atoms with Crippen LogP contribution in [0.1, 0.15) is 17.0 Å². The Morgan fingerprint density at radius 1 is 1.24 bits per heavy atom. The van der Waals surface area contributed by atoms with Gasteiger partial charge in [0.25, 0.3) is 5.91 Å². The quantitative estimate of drug-likeness (QED) is 0.609. The lowest BCUT2D eigenvalue weighted by Crippen LogP contribution is -2.35. The molecule has 3 heterocycles. The SMILES string of the molecule is CSC1=NN2C(=N)C(=Cc3cc(C)n(-c4ccc(Cl)cc4Cl)c3C)C(=O)N=C2S1. The number of carbonyl (C=O) groups is 1. The summed E-state index contributed by atoms with van der Waals surface area (Å²) in [5, 5.41) is 15.7. The maximum Gasteiger partial charge on any atom is 0.283 e. The molecule has 0 saturated carbocycles. The molecule has 6 nitrogen and oxygen atoms in total. The van der Waals surface area contributed by atoms with E-state index in [-0.39, 0.29) is 11.4 Å². The molecule has 0 saturated heterocycles. The average Bonchev–Trinajstić information content (AvgIpc) is 3.20. The van der Waals surface area contributed by atoms with E-state index in [0.717, 1.165) is 27.0 Å². The fourth-order valence-electron chi connectivity index (χ4n) is 3.18. The van der Waals surface area contributed by atoms with Gasteiger partial charge >= 0.3 is 0 Å². The Kier molecular flexibility index (Phi) is 5.37. The van der Waals surface area contributed by atoms with Crippen molar-refractivity contribution in [1.29, 1.82) is 5.41 Å². The molecule has 0 aliphatic carbocycles. The molecular weight excluding hydrogens is 449 g/mol. The van der Waals surface area contributed by atoms with Gasteiger partial charge in [0.1, 0.15) is 0 Å². The van der Waals surface area contributed by atoms with Gasteiger partial charge in [-0.25, -0.2) is 0 Å². The number of amides is 1. The van der Waals surface area contributed by atoms with Gasteiger partial charge in [0, 0.05) is 16.4 Å². The monoisotopic (exact) mass is 463 g/mol. The van der Waals surface area contributed by atoms with Crippen LogP contribution in [0, 0.1) is 19.3 Å². The number of nitrogens with one attached hydrogen (secondary N) is 1. The van der Waals surface area contributed by atoms with Crippen molar-refractivity contribution in [2.75, 3.05) is 6.26 Å². The van der Waals surface area contributed by atoms with Gasteiger partial charge in [-0.1, -0.05) is 23.2 Å². The van der Waals surface area contributed by atoms with Crippen LogP contribution in [-0.4, -0.2) is 37.1 Å². The van der Waals surface area contributed by atoms with Crippen molar-refractivity contribution in [3.05, 3.63) is 56.8 Å². The van der Waals surface area contributed by atoms with Gasteiger partial charge < -0.3 is 4.57 Å². The number of hydrogen-bond donors (Lipinski definition) is 1. The first-order valence-electron chi connectivity index (χ1n) is 8.48. The van der Waals surface area contributed by atoms with Crippen molar-refractivity contribution in [3.63, 3.8) is 0 Å². The minimum atomic E-state index is -0.444. The maximum atomic E-state index is 12.6. The molecule has 0 spiro atoms. The van der Waals surface area contributed by atoms with E-state index in [1.54, 1.807) is 18.2 Å². The lowest BCUT2D eigenvalue weighted by molar-refractivity contribution is -0.114. The Morgan fingerprint density at radius 2 is 2.00 bits per heavy atom. The summed E-state index contributed by atoms with van der Waals surface area (Å²) in [6, 6.07) is 7.27. The van der Waals surface area contributed by atoms with Gasteiger partial charge in [0.2, 0.25) is 5.17 Å². The highest BCUT2D eigenvalue weighted by Gasteiger charge is 2.35. The molecule has 1 amide bonds. The zero-order chi connectivity index (χ0) is 20.9. The zero-order valence-electron chi connectivity index (χ0n) is 15.7. The molecule has 4 rings (SSSR count). The van der Waals surface area contributed by atoms with Crippen LogP contribution in [-0.2, 0) is 4.79 Å². The number of aryl methyl sites for hydroxylation is 1. The molecule has 2 aliphatic rings. The maximum absolute atomic E-state index is 12.6. The number of fused-ring (bicyclic) bond motifs is 1. The third-order valence-electron chi connectivity index (χ3n) is 4.53. The number of amidine groups is 2. The van der Waals surface area contributed by atoms with Crippen LogP contribution >= 0.6 is 46.7 Å². The summed E-state index contributed by atoms with van der Waals surface area (Å²) >= 11 is 15.2. The second kappa shape index (κ2) is 7.68. The van der Waals surface area contributed by atoms with E-state index in [4.69, 9.17) is 28.6 Å². The van der Waals surface area contributed by atoms with Gasteiger partial charge in [-0.3, -0.25) is 10.2 Å². The predicted octanol–water partition coefficient (Wildman–Crippen LogP) is 5.34. The number of carbonyl (C=O) groups excluding carboxylic acids is 1. The van der Waals surface area contributed by atoms with Crippen LogP contribution in [0.15, 0.2) is 39.9 Å². The molecule has 0 fully saturated rings. The Hall–Kier alpha value is -2.00. The smallest absolute Gasteiger partial charge is 0.283 e. The van der Waals surface area contributed by atoms with Gasteiger partial charge in [-0.2, -0.15) is 10.0 Å². The number of thioether (sulfide) groups is 2. The number of hydrazone groups is 1. The zero-order valence-corrected chi connectivity index (χ0v) is 18.8. The third kappa shape index (κ3) is 3.54. The van der Waals surface area contributed by atoms with Crippen molar-refractivity contribution < 1.29 is 4.79 Å². The summed E-state index contributed by atoms with van der Waals surface area (Å²) in [7, 11) is 0. The number of rotatable bonds is 2. The number of halogens is 2. The second-order valence-corrected chi connectivity index (χ2v) is 9.20. The van der Waals surface area contributed by atoms with Gasteiger partial charge in [0.15, 0.2) is 10.2 Å². The van der Waals surface area contributed by atoms with E-state index in [2.05, 4.69) is 10.1 Å². The first-order valence-corrected chi connectivity index (χ1v) is 11.3. The first-order chi connectivity index (χ1) is 13.8. The van der Waals surface area contributed by atoms with Gasteiger partial charge in [-0.15, -0.1) is 16.9 Å². The molecule has 148 valence electrons. The molecule has 1 aromatic carbocycles. The van der Waals surface area contributed by atoms with Crippen molar-refractivity contribution in [2.45, 2.75) is 13.8 Å². The van der Waals surface area contributed by atoms with Crippen LogP contribution in [0.4, 0.5) is 0 Å². The van der Waals surface area contributed by atoms with Crippen LogP contribution in [0.3, 0.4) is 0 Å². The normalized spacial score (nSPS) is 17.7. The Labute approximate surface area is 186 Å². The van der Waals surface area contributed by atoms with Crippen LogP contribution in [0.2, 0.25) is 10.0 Å². The second-order valence-electron chi connectivity index (χ2n) is 6.35. The van der Waals surface area contributed by atoms with E-state index >= 15 is 0 Å². The molecule has 0 atom stereocenters. The molecule has 10 heteroatoms. The van der Waals surface area contributed by atoms with Crippen molar-refractivity contribution >= 4 is 74.1 Å². The number of aromatic nitrogens is 1. The number of aliphatic imine (C=N–C) groups is 1. The van der Waals surface area contributed by atoms with E-state index in [1.165, 1.54) is 28.5 Å². The van der Waals surface area contributed by atoms with Crippen LogP contribution in [0.5, 0.6) is 0 Å². The summed E-state index contributed by atoms with van der Waals surface area (Å²) in [6.45, 7) is 3.89. The van der Waals surface area contributed by atoms with E-state index in [9.17, 15) is 4.79 Å². The molecule has 0 radical (unpaired) electrons.